The maximum Gasteiger partial charge on any atom is 0.277 e. The highest BCUT2D eigenvalue weighted by Gasteiger charge is 2.10. The fraction of sp³-hybridized carbons (Fsp3) is 0.176. The Labute approximate surface area is 147 Å². The van der Waals surface area contributed by atoms with Crippen LogP contribution >= 0.6 is 11.8 Å². The molecule has 2 heterocycles. The van der Waals surface area contributed by atoms with Crippen LogP contribution in [0.2, 0.25) is 0 Å². The molecule has 0 saturated carbocycles. The first kappa shape index (κ1) is 17.1. The van der Waals surface area contributed by atoms with Crippen molar-refractivity contribution in [1.82, 2.24) is 20.5 Å². The molecule has 0 saturated heterocycles. The summed E-state index contributed by atoms with van der Waals surface area (Å²) < 4.78 is 18.3. The van der Waals surface area contributed by atoms with Gasteiger partial charge in [-0.15, -0.1) is 10.2 Å². The quantitative estimate of drug-likeness (QED) is 0.654. The molecule has 3 aromatic rings. The summed E-state index contributed by atoms with van der Waals surface area (Å²) in [7, 11) is 0. The van der Waals surface area contributed by atoms with E-state index in [1.54, 1.807) is 36.7 Å². The lowest BCUT2D eigenvalue weighted by Crippen LogP contribution is -2.27. The molecular weight excluding hydrogens is 343 g/mol. The van der Waals surface area contributed by atoms with E-state index in [2.05, 4.69) is 20.5 Å². The minimum Gasteiger partial charge on any atom is -0.411 e. The summed E-state index contributed by atoms with van der Waals surface area (Å²) in [5.41, 5.74) is 1.74. The van der Waals surface area contributed by atoms with Crippen LogP contribution < -0.4 is 5.32 Å². The molecule has 0 radical (unpaired) electrons. The average Bonchev–Trinajstić information content (AvgIpc) is 3.11. The van der Waals surface area contributed by atoms with Crippen LogP contribution in [0, 0.1) is 5.82 Å². The second-order valence-corrected chi connectivity index (χ2v) is 6.05. The summed E-state index contributed by atoms with van der Waals surface area (Å²) in [6, 6.07) is 9.75. The minimum absolute atomic E-state index is 0.129. The van der Waals surface area contributed by atoms with Crippen molar-refractivity contribution < 1.29 is 13.6 Å². The van der Waals surface area contributed by atoms with Gasteiger partial charge in [0, 0.05) is 24.5 Å². The first-order chi connectivity index (χ1) is 12.2. The summed E-state index contributed by atoms with van der Waals surface area (Å²) in [6.07, 6.45) is 3.92. The van der Waals surface area contributed by atoms with E-state index in [4.69, 9.17) is 4.42 Å². The number of aromatic nitrogens is 3. The van der Waals surface area contributed by atoms with Gasteiger partial charge in [0.1, 0.15) is 5.82 Å². The summed E-state index contributed by atoms with van der Waals surface area (Å²) in [6.45, 7) is 0.483. The number of amides is 1. The Balaban J connectivity index is 1.42. The fourth-order valence-electron chi connectivity index (χ4n) is 2.05. The molecule has 128 valence electrons. The van der Waals surface area contributed by atoms with Crippen LogP contribution in [0.1, 0.15) is 5.56 Å². The molecule has 0 atom stereocenters. The van der Waals surface area contributed by atoms with E-state index in [9.17, 15) is 9.18 Å². The zero-order valence-electron chi connectivity index (χ0n) is 13.2. The number of rotatable bonds is 7. The smallest absolute Gasteiger partial charge is 0.277 e. The molecule has 0 aliphatic rings. The van der Waals surface area contributed by atoms with Crippen molar-refractivity contribution in [2.24, 2.45) is 0 Å². The number of carbonyl (C=O) groups is 1. The van der Waals surface area contributed by atoms with Gasteiger partial charge in [-0.05, 0) is 36.2 Å². The predicted octanol–water partition coefficient (Wildman–Crippen LogP) is 2.72. The van der Waals surface area contributed by atoms with Gasteiger partial charge in [0.25, 0.3) is 5.22 Å². The van der Waals surface area contributed by atoms with Gasteiger partial charge < -0.3 is 9.73 Å². The molecule has 2 aromatic heterocycles. The third kappa shape index (κ3) is 5.12. The van der Waals surface area contributed by atoms with Gasteiger partial charge in [0.05, 0.1) is 5.75 Å². The van der Waals surface area contributed by atoms with Crippen molar-refractivity contribution in [2.45, 2.75) is 11.6 Å². The van der Waals surface area contributed by atoms with Crippen LogP contribution in [0.5, 0.6) is 0 Å². The molecule has 0 unspecified atom stereocenters. The van der Waals surface area contributed by atoms with Crippen LogP contribution in [0.3, 0.4) is 0 Å². The van der Waals surface area contributed by atoms with Crippen molar-refractivity contribution in [3.05, 3.63) is 60.2 Å². The number of halogens is 1. The number of hydrogen-bond acceptors (Lipinski definition) is 6. The topological polar surface area (TPSA) is 80.9 Å². The zero-order chi connectivity index (χ0) is 17.5. The lowest BCUT2D eigenvalue weighted by molar-refractivity contribution is -0.118. The average molecular weight is 358 g/mol. The van der Waals surface area contributed by atoms with Crippen molar-refractivity contribution >= 4 is 17.7 Å². The standard InChI is InChI=1S/C17H15FN4O2S/c18-14-3-1-12(2-4-14)5-10-20-15(23)11-25-17-22-21-16(24-17)13-6-8-19-9-7-13/h1-4,6-9H,5,10-11H2,(H,20,23). The highest BCUT2D eigenvalue weighted by Crippen LogP contribution is 2.22. The molecule has 0 aliphatic heterocycles. The Morgan fingerprint density at radius 3 is 2.64 bits per heavy atom. The van der Waals surface area contributed by atoms with E-state index in [0.717, 1.165) is 11.1 Å². The highest BCUT2D eigenvalue weighted by molar-refractivity contribution is 7.99. The molecule has 1 N–H and O–H groups in total. The van der Waals surface area contributed by atoms with E-state index < -0.39 is 0 Å². The molecule has 0 fully saturated rings. The summed E-state index contributed by atoms with van der Waals surface area (Å²) in [5.74, 6) is 0.175. The van der Waals surface area contributed by atoms with Crippen LogP contribution in [0.4, 0.5) is 4.39 Å². The van der Waals surface area contributed by atoms with Gasteiger partial charge in [-0.2, -0.15) is 0 Å². The number of thioether (sulfide) groups is 1. The second kappa shape index (κ2) is 8.39. The Morgan fingerprint density at radius 1 is 1.12 bits per heavy atom. The minimum atomic E-state index is -0.269. The van der Waals surface area contributed by atoms with Gasteiger partial charge >= 0.3 is 0 Å². The third-order valence-electron chi connectivity index (χ3n) is 3.31. The Morgan fingerprint density at radius 2 is 1.88 bits per heavy atom. The Hall–Kier alpha value is -2.74. The number of nitrogens with zero attached hydrogens (tertiary/aromatic N) is 3. The molecule has 3 rings (SSSR count). The predicted molar refractivity (Wildman–Crippen MR) is 91.4 cm³/mol. The van der Waals surface area contributed by atoms with Crippen molar-refractivity contribution in [3.63, 3.8) is 0 Å². The zero-order valence-corrected chi connectivity index (χ0v) is 14.0. The Bertz CT molecular complexity index is 824. The molecule has 0 bridgehead atoms. The first-order valence-corrected chi connectivity index (χ1v) is 8.57. The number of hydrogen-bond donors (Lipinski definition) is 1. The summed E-state index contributed by atoms with van der Waals surface area (Å²) in [5, 5.41) is 11.0. The molecule has 8 heteroatoms. The van der Waals surface area contributed by atoms with Crippen molar-refractivity contribution in [1.29, 1.82) is 0 Å². The number of benzene rings is 1. The molecule has 0 aliphatic carbocycles. The summed E-state index contributed by atoms with van der Waals surface area (Å²) >= 11 is 1.17. The van der Waals surface area contributed by atoms with Gasteiger partial charge in [0.2, 0.25) is 11.8 Å². The number of carbonyl (C=O) groups excluding carboxylic acids is 1. The SMILES string of the molecule is O=C(CSc1nnc(-c2ccncc2)o1)NCCc1ccc(F)cc1. The number of pyridine rings is 1. The van der Waals surface area contributed by atoms with E-state index >= 15 is 0 Å². The Kier molecular flexibility index (Phi) is 5.73. The van der Waals surface area contributed by atoms with Crippen molar-refractivity contribution in [2.75, 3.05) is 12.3 Å². The van der Waals surface area contributed by atoms with E-state index in [1.807, 2.05) is 0 Å². The van der Waals surface area contributed by atoms with E-state index in [1.165, 1.54) is 23.9 Å². The van der Waals surface area contributed by atoms with Crippen LogP contribution in [-0.2, 0) is 11.2 Å². The summed E-state index contributed by atoms with van der Waals surface area (Å²) in [4.78, 5) is 15.8. The lowest BCUT2D eigenvalue weighted by atomic mass is 10.1. The molecule has 6 nitrogen and oxygen atoms in total. The van der Waals surface area contributed by atoms with Gasteiger partial charge in [0.15, 0.2) is 0 Å². The van der Waals surface area contributed by atoms with Gasteiger partial charge in [-0.3, -0.25) is 9.78 Å². The van der Waals surface area contributed by atoms with E-state index in [-0.39, 0.29) is 17.5 Å². The first-order valence-electron chi connectivity index (χ1n) is 7.58. The molecule has 25 heavy (non-hydrogen) atoms. The van der Waals surface area contributed by atoms with Crippen molar-refractivity contribution in [3.8, 4) is 11.5 Å². The molecule has 1 aromatic carbocycles. The van der Waals surface area contributed by atoms with E-state index in [0.29, 0.717) is 24.1 Å². The second-order valence-electron chi connectivity index (χ2n) is 5.12. The van der Waals surface area contributed by atoms with Crippen LogP contribution in [-0.4, -0.2) is 33.4 Å². The fourth-order valence-corrected chi connectivity index (χ4v) is 2.65. The maximum absolute atomic E-state index is 12.8. The van der Waals surface area contributed by atoms with Gasteiger partial charge in [-0.1, -0.05) is 23.9 Å². The largest absolute Gasteiger partial charge is 0.411 e. The third-order valence-corrected chi connectivity index (χ3v) is 4.13. The highest BCUT2D eigenvalue weighted by atomic mass is 32.2. The molecular formula is C17H15FN4O2S. The van der Waals surface area contributed by atoms with Gasteiger partial charge in [-0.25, -0.2) is 4.39 Å². The normalized spacial score (nSPS) is 10.6. The number of nitrogens with one attached hydrogen (secondary N) is 1. The molecule has 0 spiro atoms. The monoisotopic (exact) mass is 358 g/mol. The van der Waals surface area contributed by atoms with Crippen LogP contribution in [0.15, 0.2) is 58.4 Å². The van der Waals surface area contributed by atoms with Crippen LogP contribution in [0.25, 0.3) is 11.5 Å². The maximum atomic E-state index is 12.8. The lowest BCUT2D eigenvalue weighted by Gasteiger charge is -2.04. The molecule has 1 amide bonds.